The van der Waals surface area contributed by atoms with Gasteiger partial charge >= 0.3 is 0 Å². The third-order valence-corrected chi connectivity index (χ3v) is 2.66. The topological polar surface area (TPSA) is 74.2 Å². The molecule has 0 bridgehead atoms. The van der Waals surface area contributed by atoms with Crippen molar-refractivity contribution in [3.63, 3.8) is 0 Å². The summed E-state index contributed by atoms with van der Waals surface area (Å²) in [5.74, 6) is 0.409. The van der Waals surface area contributed by atoms with E-state index in [9.17, 15) is 0 Å². The Kier molecular flexibility index (Phi) is 2.54. The van der Waals surface area contributed by atoms with E-state index in [2.05, 4.69) is 4.98 Å². The van der Waals surface area contributed by atoms with Gasteiger partial charge in [-0.3, -0.25) is 4.98 Å². The number of hydrogen-bond acceptors (Lipinski definition) is 4. The highest BCUT2D eigenvalue weighted by Crippen LogP contribution is 2.31. The number of pyridine rings is 1. The van der Waals surface area contributed by atoms with Crippen molar-refractivity contribution in [1.29, 1.82) is 0 Å². The van der Waals surface area contributed by atoms with E-state index >= 15 is 0 Å². The average Bonchev–Trinajstić information content (AvgIpc) is 2.23. The maximum absolute atomic E-state index is 5.89. The van der Waals surface area contributed by atoms with Gasteiger partial charge in [-0.25, -0.2) is 0 Å². The van der Waals surface area contributed by atoms with Crippen molar-refractivity contribution in [2.75, 3.05) is 24.7 Å². The summed E-state index contributed by atoms with van der Waals surface area (Å²) in [5, 5.41) is 0. The summed E-state index contributed by atoms with van der Waals surface area (Å²) in [7, 11) is 0. The van der Waals surface area contributed by atoms with Gasteiger partial charge < -0.3 is 16.2 Å². The molecular formula is C10H15N3O. The number of nitrogen functional groups attached to an aromatic ring is 2. The first-order valence-electron chi connectivity index (χ1n) is 4.86. The second-order valence-electron chi connectivity index (χ2n) is 3.59. The van der Waals surface area contributed by atoms with Crippen LogP contribution in [-0.2, 0) is 4.74 Å². The van der Waals surface area contributed by atoms with Crippen LogP contribution in [0.4, 0.5) is 11.4 Å². The third-order valence-electron chi connectivity index (χ3n) is 2.66. The highest BCUT2D eigenvalue weighted by molar-refractivity contribution is 5.65. The molecule has 1 aliphatic heterocycles. The van der Waals surface area contributed by atoms with Crippen LogP contribution in [-0.4, -0.2) is 18.2 Å². The predicted octanol–water partition coefficient (Wildman–Crippen LogP) is 1.14. The van der Waals surface area contributed by atoms with Crippen molar-refractivity contribution >= 4 is 11.4 Å². The molecule has 2 rings (SSSR count). The van der Waals surface area contributed by atoms with Crippen LogP contribution in [0.5, 0.6) is 0 Å². The largest absolute Gasteiger partial charge is 0.397 e. The maximum Gasteiger partial charge on any atom is 0.0769 e. The minimum Gasteiger partial charge on any atom is -0.397 e. The number of anilines is 2. The van der Waals surface area contributed by atoms with Crippen LogP contribution in [0, 0.1) is 0 Å². The molecule has 0 radical (unpaired) electrons. The maximum atomic E-state index is 5.89. The fourth-order valence-corrected chi connectivity index (χ4v) is 1.80. The van der Waals surface area contributed by atoms with Crippen LogP contribution in [0.3, 0.4) is 0 Å². The molecule has 1 saturated heterocycles. The first-order valence-corrected chi connectivity index (χ1v) is 4.86. The molecule has 1 aromatic heterocycles. The molecule has 14 heavy (non-hydrogen) atoms. The molecule has 4 heteroatoms. The fourth-order valence-electron chi connectivity index (χ4n) is 1.80. The molecule has 1 fully saturated rings. The van der Waals surface area contributed by atoms with E-state index in [1.165, 1.54) is 0 Å². The van der Waals surface area contributed by atoms with E-state index in [1.807, 2.05) is 0 Å². The summed E-state index contributed by atoms with van der Waals surface area (Å²) in [6.07, 6.45) is 3.69. The molecule has 4 nitrogen and oxygen atoms in total. The Morgan fingerprint density at radius 3 is 2.71 bits per heavy atom. The van der Waals surface area contributed by atoms with E-state index in [4.69, 9.17) is 16.2 Å². The smallest absolute Gasteiger partial charge is 0.0769 e. The summed E-state index contributed by atoms with van der Waals surface area (Å²) >= 11 is 0. The number of nitrogens with zero attached hydrogens (tertiary/aromatic N) is 1. The number of ether oxygens (including phenoxy) is 1. The summed E-state index contributed by atoms with van der Waals surface area (Å²) in [5.41, 5.74) is 13.8. The molecule has 0 aliphatic carbocycles. The van der Waals surface area contributed by atoms with Crippen molar-refractivity contribution in [2.45, 2.75) is 18.8 Å². The van der Waals surface area contributed by atoms with Crippen LogP contribution in [0.15, 0.2) is 12.3 Å². The number of rotatable bonds is 1. The molecule has 1 aliphatic rings. The number of nitrogens with two attached hydrogens (primary N) is 2. The van der Waals surface area contributed by atoms with Gasteiger partial charge in [0.05, 0.1) is 17.1 Å². The SMILES string of the molecule is Nc1ccnc(C2CCOCC2)c1N. The average molecular weight is 193 g/mol. The van der Waals surface area contributed by atoms with E-state index in [1.54, 1.807) is 12.3 Å². The standard InChI is InChI=1S/C10H15N3O/c11-8-1-4-13-10(9(8)12)7-2-5-14-6-3-7/h1,4,7H,2-3,5-6,12H2,(H2,11,13). The molecule has 4 N–H and O–H groups in total. The van der Waals surface area contributed by atoms with Crippen LogP contribution in [0.2, 0.25) is 0 Å². The normalized spacial score (nSPS) is 18.3. The van der Waals surface area contributed by atoms with Crippen molar-refractivity contribution in [2.24, 2.45) is 0 Å². The Morgan fingerprint density at radius 1 is 1.29 bits per heavy atom. The van der Waals surface area contributed by atoms with E-state index in [-0.39, 0.29) is 0 Å². The lowest BCUT2D eigenvalue weighted by Gasteiger charge is -2.22. The van der Waals surface area contributed by atoms with E-state index in [0.717, 1.165) is 31.7 Å². The van der Waals surface area contributed by atoms with Gasteiger partial charge in [0, 0.05) is 25.3 Å². The lowest BCUT2D eigenvalue weighted by molar-refractivity contribution is 0.0847. The first-order chi connectivity index (χ1) is 6.79. The summed E-state index contributed by atoms with van der Waals surface area (Å²) < 4.78 is 5.29. The zero-order valence-corrected chi connectivity index (χ0v) is 8.07. The highest BCUT2D eigenvalue weighted by Gasteiger charge is 2.19. The highest BCUT2D eigenvalue weighted by atomic mass is 16.5. The van der Waals surface area contributed by atoms with Crippen LogP contribution >= 0.6 is 0 Å². The summed E-state index contributed by atoms with van der Waals surface area (Å²) in [6.45, 7) is 1.58. The van der Waals surface area contributed by atoms with Gasteiger partial charge in [-0.15, -0.1) is 0 Å². The number of hydrogen-bond donors (Lipinski definition) is 2. The van der Waals surface area contributed by atoms with Gasteiger partial charge in [0.15, 0.2) is 0 Å². The van der Waals surface area contributed by atoms with Crippen molar-refractivity contribution in [1.82, 2.24) is 4.98 Å². The van der Waals surface area contributed by atoms with Crippen molar-refractivity contribution in [3.8, 4) is 0 Å². The van der Waals surface area contributed by atoms with Crippen LogP contribution in [0.25, 0.3) is 0 Å². The molecule has 0 aromatic carbocycles. The molecular weight excluding hydrogens is 178 g/mol. The van der Waals surface area contributed by atoms with Gasteiger partial charge in [-0.05, 0) is 18.9 Å². The number of aromatic nitrogens is 1. The van der Waals surface area contributed by atoms with Gasteiger partial charge in [-0.1, -0.05) is 0 Å². The summed E-state index contributed by atoms with van der Waals surface area (Å²) in [6, 6.07) is 1.73. The Bertz CT molecular complexity index is 321. The van der Waals surface area contributed by atoms with Gasteiger partial charge in [0.1, 0.15) is 0 Å². The van der Waals surface area contributed by atoms with Crippen molar-refractivity contribution < 1.29 is 4.74 Å². The summed E-state index contributed by atoms with van der Waals surface area (Å²) in [4.78, 5) is 4.30. The van der Waals surface area contributed by atoms with E-state index < -0.39 is 0 Å². The quantitative estimate of drug-likeness (QED) is 0.701. The second kappa shape index (κ2) is 3.84. The fraction of sp³-hybridized carbons (Fsp3) is 0.500. The minimum atomic E-state index is 0.409. The van der Waals surface area contributed by atoms with E-state index in [0.29, 0.717) is 17.3 Å². The molecule has 2 heterocycles. The molecule has 0 unspecified atom stereocenters. The predicted molar refractivity (Wildman–Crippen MR) is 55.9 cm³/mol. The zero-order valence-electron chi connectivity index (χ0n) is 8.07. The second-order valence-corrected chi connectivity index (χ2v) is 3.59. The third kappa shape index (κ3) is 1.65. The lowest BCUT2D eigenvalue weighted by atomic mass is 9.94. The molecule has 0 spiro atoms. The van der Waals surface area contributed by atoms with Gasteiger partial charge in [0.2, 0.25) is 0 Å². The lowest BCUT2D eigenvalue weighted by Crippen LogP contribution is -2.17. The molecule has 1 aromatic rings. The van der Waals surface area contributed by atoms with Gasteiger partial charge in [0.25, 0.3) is 0 Å². The van der Waals surface area contributed by atoms with Crippen LogP contribution < -0.4 is 11.5 Å². The molecule has 0 saturated carbocycles. The Labute approximate surface area is 83.3 Å². The molecule has 0 atom stereocenters. The van der Waals surface area contributed by atoms with Gasteiger partial charge in [-0.2, -0.15) is 0 Å². The molecule has 0 amide bonds. The van der Waals surface area contributed by atoms with Crippen molar-refractivity contribution in [3.05, 3.63) is 18.0 Å². The minimum absolute atomic E-state index is 0.409. The zero-order chi connectivity index (χ0) is 9.97. The molecule has 76 valence electrons. The Morgan fingerprint density at radius 2 is 2.00 bits per heavy atom. The monoisotopic (exact) mass is 193 g/mol. The Balaban J connectivity index is 2.26. The Hall–Kier alpha value is -1.29. The van der Waals surface area contributed by atoms with Crippen LogP contribution in [0.1, 0.15) is 24.5 Å². The first kappa shape index (κ1) is 9.27.